The number of aromatic nitrogens is 1. The second kappa shape index (κ2) is 3.75. The molecule has 3 nitrogen and oxygen atoms in total. The van der Waals surface area contributed by atoms with Crippen molar-refractivity contribution < 1.29 is 9.21 Å². The molecule has 0 amide bonds. The van der Waals surface area contributed by atoms with Gasteiger partial charge in [-0.3, -0.25) is 4.79 Å². The second-order valence-electron chi connectivity index (χ2n) is 2.93. The van der Waals surface area contributed by atoms with Gasteiger partial charge in [0.05, 0.1) is 17.6 Å². The molecule has 0 aliphatic heterocycles. The van der Waals surface area contributed by atoms with E-state index in [1.165, 1.54) is 11.3 Å². The maximum Gasteiger partial charge on any atom is 0.171 e. The molecule has 2 heterocycles. The number of rotatable bonds is 3. The number of ketones is 1. The molecule has 2 aromatic heterocycles. The fraction of sp³-hybridized carbons (Fsp3) is 0.200. The molecule has 0 saturated heterocycles. The van der Waals surface area contributed by atoms with E-state index in [1.807, 2.05) is 12.1 Å². The molecule has 2 rings (SSSR count). The monoisotopic (exact) mass is 207 g/mol. The summed E-state index contributed by atoms with van der Waals surface area (Å²) in [5.41, 5.74) is 0. The molecule has 0 aliphatic rings. The highest BCUT2D eigenvalue weighted by Crippen LogP contribution is 2.17. The fourth-order valence-electron chi connectivity index (χ4n) is 1.12. The van der Waals surface area contributed by atoms with Crippen LogP contribution in [0, 0.1) is 0 Å². The third-order valence-electron chi connectivity index (χ3n) is 1.81. The van der Waals surface area contributed by atoms with Gasteiger partial charge in [-0.05, 0) is 12.1 Å². The lowest BCUT2D eigenvalue weighted by molar-refractivity contribution is 0.102. The van der Waals surface area contributed by atoms with Gasteiger partial charge in [0.15, 0.2) is 5.78 Å². The van der Waals surface area contributed by atoms with Crippen LogP contribution in [0.2, 0.25) is 0 Å². The lowest BCUT2D eigenvalue weighted by atomic mass is 10.3. The summed E-state index contributed by atoms with van der Waals surface area (Å²) in [5, 5.41) is 0.908. The molecular weight excluding hydrogens is 198 g/mol. The second-order valence-corrected chi connectivity index (χ2v) is 4.05. The molecule has 0 saturated carbocycles. The Bertz CT molecular complexity index is 431. The first-order valence-corrected chi connectivity index (χ1v) is 5.05. The first kappa shape index (κ1) is 9.15. The minimum Gasteiger partial charge on any atom is -0.469 e. The molecule has 0 aliphatic carbocycles. The molecule has 0 spiro atoms. The third kappa shape index (κ3) is 1.90. The first-order chi connectivity index (χ1) is 6.75. The van der Waals surface area contributed by atoms with Crippen molar-refractivity contribution >= 4 is 17.1 Å². The van der Waals surface area contributed by atoms with Crippen LogP contribution in [-0.2, 0) is 6.42 Å². The van der Waals surface area contributed by atoms with Crippen molar-refractivity contribution in [2.45, 2.75) is 13.3 Å². The lowest BCUT2D eigenvalue weighted by Gasteiger charge is -1.89. The van der Waals surface area contributed by atoms with Crippen molar-refractivity contribution in [3.8, 4) is 0 Å². The van der Waals surface area contributed by atoms with Gasteiger partial charge in [0.1, 0.15) is 10.8 Å². The van der Waals surface area contributed by atoms with E-state index in [0.29, 0.717) is 11.3 Å². The molecule has 0 fully saturated rings. The Hall–Kier alpha value is -1.42. The molecule has 0 radical (unpaired) electrons. The molecular formula is C10H9NO2S. The highest BCUT2D eigenvalue weighted by atomic mass is 32.1. The van der Waals surface area contributed by atoms with Gasteiger partial charge in [-0.25, -0.2) is 4.98 Å². The van der Waals surface area contributed by atoms with E-state index in [0.717, 1.165) is 10.8 Å². The SMILES string of the molecule is CC(=O)c1cnc(Cc2ccco2)s1. The van der Waals surface area contributed by atoms with Crippen LogP contribution in [0.5, 0.6) is 0 Å². The molecule has 72 valence electrons. The number of thiazole rings is 1. The van der Waals surface area contributed by atoms with Gasteiger partial charge in [0.25, 0.3) is 0 Å². The van der Waals surface area contributed by atoms with Gasteiger partial charge in [-0.2, -0.15) is 0 Å². The highest BCUT2D eigenvalue weighted by Gasteiger charge is 2.07. The van der Waals surface area contributed by atoms with E-state index in [-0.39, 0.29) is 5.78 Å². The summed E-state index contributed by atoms with van der Waals surface area (Å²) in [7, 11) is 0. The Balaban J connectivity index is 2.14. The van der Waals surface area contributed by atoms with Gasteiger partial charge in [-0.15, -0.1) is 11.3 Å². The van der Waals surface area contributed by atoms with E-state index in [4.69, 9.17) is 4.42 Å². The Morgan fingerprint density at radius 3 is 3.07 bits per heavy atom. The minimum atomic E-state index is 0.0631. The van der Waals surface area contributed by atoms with E-state index >= 15 is 0 Å². The smallest absolute Gasteiger partial charge is 0.171 e. The van der Waals surface area contributed by atoms with E-state index < -0.39 is 0 Å². The van der Waals surface area contributed by atoms with Crippen molar-refractivity contribution in [1.29, 1.82) is 0 Å². The van der Waals surface area contributed by atoms with E-state index in [2.05, 4.69) is 4.98 Å². The van der Waals surface area contributed by atoms with Crippen molar-refractivity contribution in [2.24, 2.45) is 0 Å². The predicted molar refractivity (Wildman–Crippen MR) is 53.6 cm³/mol. The average Bonchev–Trinajstić information content (AvgIpc) is 2.75. The van der Waals surface area contributed by atoms with Gasteiger partial charge in [0.2, 0.25) is 0 Å². The maximum absolute atomic E-state index is 11.0. The summed E-state index contributed by atoms with van der Waals surface area (Å²) < 4.78 is 5.19. The Morgan fingerprint density at radius 1 is 1.64 bits per heavy atom. The van der Waals surface area contributed by atoms with Crippen LogP contribution in [0.3, 0.4) is 0 Å². The molecule has 0 unspecified atom stereocenters. The predicted octanol–water partition coefficient (Wildman–Crippen LogP) is 2.53. The normalized spacial score (nSPS) is 10.4. The molecule has 0 bridgehead atoms. The summed E-state index contributed by atoms with van der Waals surface area (Å²) >= 11 is 1.42. The fourth-order valence-corrected chi connectivity index (χ4v) is 1.94. The van der Waals surface area contributed by atoms with Crippen molar-refractivity contribution in [3.63, 3.8) is 0 Å². The molecule has 0 atom stereocenters. The largest absolute Gasteiger partial charge is 0.469 e. The van der Waals surface area contributed by atoms with Crippen molar-refractivity contribution in [2.75, 3.05) is 0 Å². The van der Waals surface area contributed by atoms with Crippen LogP contribution < -0.4 is 0 Å². The lowest BCUT2D eigenvalue weighted by Crippen LogP contribution is -1.84. The van der Waals surface area contributed by atoms with Crippen LogP contribution in [0.15, 0.2) is 29.0 Å². The topological polar surface area (TPSA) is 43.1 Å². The van der Waals surface area contributed by atoms with Crippen LogP contribution in [-0.4, -0.2) is 10.8 Å². The molecule has 4 heteroatoms. The Morgan fingerprint density at radius 2 is 2.50 bits per heavy atom. The highest BCUT2D eigenvalue weighted by molar-refractivity contribution is 7.13. The van der Waals surface area contributed by atoms with E-state index in [1.54, 1.807) is 19.4 Å². The molecule has 0 aromatic carbocycles. The van der Waals surface area contributed by atoms with Gasteiger partial charge in [-0.1, -0.05) is 0 Å². The van der Waals surface area contributed by atoms with Crippen LogP contribution in [0.1, 0.15) is 27.4 Å². The zero-order valence-corrected chi connectivity index (χ0v) is 8.50. The van der Waals surface area contributed by atoms with E-state index in [9.17, 15) is 4.79 Å². The molecule has 2 aromatic rings. The maximum atomic E-state index is 11.0. The van der Waals surface area contributed by atoms with Crippen LogP contribution >= 0.6 is 11.3 Å². The minimum absolute atomic E-state index is 0.0631. The van der Waals surface area contributed by atoms with Crippen LogP contribution in [0.4, 0.5) is 0 Å². The quantitative estimate of drug-likeness (QED) is 0.726. The number of hydrogen-bond donors (Lipinski definition) is 0. The Kier molecular flexibility index (Phi) is 2.45. The van der Waals surface area contributed by atoms with Gasteiger partial charge < -0.3 is 4.42 Å². The standard InChI is InChI=1S/C10H9NO2S/c1-7(12)9-6-11-10(14-9)5-8-3-2-4-13-8/h2-4,6H,5H2,1H3. The van der Waals surface area contributed by atoms with Gasteiger partial charge in [0, 0.05) is 13.1 Å². The summed E-state index contributed by atoms with van der Waals surface area (Å²) in [6, 6.07) is 3.74. The summed E-state index contributed by atoms with van der Waals surface area (Å²) in [6.07, 6.45) is 3.91. The van der Waals surface area contributed by atoms with Crippen molar-refractivity contribution in [1.82, 2.24) is 4.98 Å². The third-order valence-corrected chi connectivity index (χ3v) is 2.90. The zero-order chi connectivity index (χ0) is 9.97. The number of furan rings is 1. The number of hydrogen-bond acceptors (Lipinski definition) is 4. The van der Waals surface area contributed by atoms with Crippen LogP contribution in [0.25, 0.3) is 0 Å². The van der Waals surface area contributed by atoms with Crippen molar-refractivity contribution in [3.05, 3.63) is 40.2 Å². The van der Waals surface area contributed by atoms with Gasteiger partial charge >= 0.3 is 0 Å². The molecule has 0 N–H and O–H groups in total. The summed E-state index contributed by atoms with van der Waals surface area (Å²) in [6.45, 7) is 1.55. The Labute approximate surface area is 85.4 Å². The number of Topliss-reactive ketones (excluding diaryl/α,β-unsaturated/α-hetero) is 1. The first-order valence-electron chi connectivity index (χ1n) is 4.24. The molecule has 14 heavy (non-hydrogen) atoms. The number of carbonyl (C=O) groups is 1. The number of nitrogens with zero attached hydrogens (tertiary/aromatic N) is 1. The average molecular weight is 207 g/mol. The zero-order valence-electron chi connectivity index (χ0n) is 7.69. The summed E-state index contributed by atoms with van der Waals surface area (Å²) in [5.74, 6) is 0.933. The summed E-state index contributed by atoms with van der Waals surface area (Å²) in [4.78, 5) is 15.9. The number of carbonyl (C=O) groups excluding carboxylic acids is 1.